The Hall–Kier alpha value is -0.170. The van der Waals surface area contributed by atoms with E-state index in [0.29, 0.717) is 0 Å². The maximum atomic E-state index is 4.85. The van der Waals surface area contributed by atoms with E-state index >= 15 is 0 Å². The molecule has 0 aliphatic heterocycles. The number of hydrogen-bond acceptors (Lipinski definition) is 1. The van der Waals surface area contributed by atoms with Crippen molar-refractivity contribution in [1.82, 2.24) is 0 Å². The third-order valence-electron chi connectivity index (χ3n) is 0.988. The minimum atomic E-state index is 0.988. The third kappa shape index (κ3) is 2.52. The van der Waals surface area contributed by atoms with Crippen LogP contribution in [-0.2, 0) is 0 Å². The Morgan fingerprint density at radius 2 is 1.86 bits per heavy atom. The Morgan fingerprint density at radius 3 is 1.86 bits per heavy atom. The molecule has 0 unspecified atom stereocenters. The van der Waals surface area contributed by atoms with Gasteiger partial charge in [-0.1, -0.05) is 18.3 Å². The Bertz CT molecular complexity index is 101. The van der Waals surface area contributed by atoms with Crippen LogP contribution in [0.4, 0.5) is 0 Å². The number of rotatable bonds is 1. The molecule has 0 aromatic heterocycles. The quantitative estimate of drug-likeness (QED) is 0.372. The molecule has 0 atom stereocenters. The molecule has 0 nitrogen and oxygen atoms in total. The Balaban J connectivity index is 3.82. The highest BCUT2D eigenvalue weighted by Gasteiger charge is 1.84. The van der Waals surface area contributed by atoms with Gasteiger partial charge >= 0.3 is 0 Å². The molecule has 0 aromatic carbocycles. The van der Waals surface area contributed by atoms with Crippen LogP contribution in [0.5, 0.6) is 0 Å². The summed E-state index contributed by atoms with van der Waals surface area (Å²) in [7, 11) is 0. The van der Waals surface area contributed by atoms with Crippen LogP contribution in [0.3, 0.4) is 0 Å². The van der Waals surface area contributed by atoms with Crippen molar-refractivity contribution in [2.75, 3.05) is 0 Å². The fourth-order valence-corrected chi connectivity index (χ4v) is 0.321. The lowest BCUT2D eigenvalue weighted by atomic mass is 10.2. The number of hydrogen-bond donors (Lipinski definition) is 0. The molecule has 0 rings (SSSR count). The van der Waals surface area contributed by atoms with Gasteiger partial charge in [-0.2, -0.15) is 0 Å². The van der Waals surface area contributed by atoms with Crippen LogP contribution < -0.4 is 0 Å². The first-order valence-electron chi connectivity index (χ1n) is 2.32. The largest absolute Gasteiger partial charge is 0.0850 e. The third-order valence-corrected chi connectivity index (χ3v) is 1.31. The van der Waals surface area contributed by atoms with Gasteiger partial charge in [0.05, 0.1) is 0 Å². The molecule has 0 aliphatic rings. The average Bonchev–Trinajstić information content (AvgIpc) is 1.65. The summed E-state index contributed by atoms with van der Waals surface area (Å²) in [6.07, 6.45) is 2.02. The van der Waals surface area contributed by atoms with Crippen molar-refractivity contribution in [2.24, 2.45) is 0 Å². The monoisotopic (exact) mass is 114 g/mol. The first-order valence-corrected chi connectivity index (χ1v) is 2.73. The van der Waals surface area contributed by atoms with Gasteiger partial charge in [-0.05, 0) is 26.3 Å². The van der Waals surface area contributed by atoms with Gasteiger partial charge in [0.1, 0.15) is 0 Å². The molecule has 0 saturated heterocycles. The molecular weight excluding hydrogens is 104 g/mol. The summed E-state index contributed by atoms with van der Waals surface area (Å²) < 4.78 is 0. The second-order valence-corrected chi connectivity index (χ2v) is 2.14. The van der Waals surface area contributed by atoms with Crippen molar-refractivity contribution in [3.8, 4) is 0 Å². The van der Waals surface area contributed by atoms with Crippen LogP contribution >= 0.6 is 12.2 Å². The Morgan fingerprint density at radius 1 is 1.43 bits per heavy atom. The van der Waals surface area contributed by atoms with Crippen molar-refractivity contribution in [3.05, 3.63) is 11.6 Å². The van der Waals surface area contributed by atoms with Gasteiger partial charge in [-0.25, -0.2) is 0 Å². The van der Waals surface area contributed by atoms with Gasteiger partial charge in [-0.15, -0.1) is 0 Å². The molecule has 0 bridgehead atoms. The second kappa shape index (κ2) is 2.92. The van der Waals surface area contributed by atoms with Crippen LogP contribution in [-0.4, -0.2) is 4.86 Å². The van der Waals surface area contributed by atoms with Crippen molar-refractivity contribution in [1.29, 1.82) is 0 Å². The molecule has 7 heavy (non-hydrogen) atoms. The van der Waals surface area contributed by atoms with Crippen molar-refractivity contribution in [3.63, 3.8) is 0 Å². The summed E-state index contributed by atoms with van der Waals surface area (Å²) in [5, 5.41) is 0. The van der Waals surface area contributed by atoms with E-state index in [-0.39, 0.29) is 0 Å². The highest BCUT2D eigenvalue weighted by atomic mass is 32.1. The first-order chi connectivity index (χ1) is 3.18. The molecule has 0 N–H and O–H groups in total. The zero-order valence-corrected chi connectivity index (χ0v) is 5.80. The van der Waals surface area contributed by atoms with Gasteiger partial charge < -0.3 is 0 Å². The fraction of sp³-hybridized carbons (Fsp3) is 0.500. The van der Waals surface area contributed by atoms with E-state index in [1.807, 2.05) is 26.8 Å². The van der Waals surface area contributed by atoms with E-state index in [1.54, 1.807) is 0 Å². The fourth-order valence-electron chi connectivity index (χ4n) is 0.203. The van der Waals surface area contributed by atoms with Gasteiger partial charge in [0.15, 0.2) is 0 Å². The topological polar surface area (TPSA) is 0 Å². The van der Waals surface area contributed by atoms with Crippen LogP contribution in [0.25, 0.3) is 0 Å². The predicted octanol–water partition coefficient (Wildman–Crippen LogP) is 2.34. The molecule has 0 aromatic rings. The maximum absolute atomic E-state index is 4.85. The molecule has 0 spiro atoms. The molecule has 0 fully saturated rings. The lowest BCUT2D eigenvalue weighted by molar-refractivity contribution is 1.53. The minimum Gasteiger partial charge on any atom is -0.0850 e. The number of thiocarbonyl (C=S) groups is 1. The van der Waals surface area contributed by atoms with Crippen LogP contribution in [0.1, 0.15) is 20.8 Å². The maximum Gasteiger partial charge on any atom is 0.0147 e. The Kier molecular flexibility index (Phi) is 2.84. The molecule has 0 radical (unpaired) electrons. The van der Waals surface area contributed by atoms with E-state index in [0.717, 1.165) is 4.86 Å². The van der Waals surface area contributed by atoms with Gasteiger partial charge in [-0.3, -0.25) is 0 Å². The summed E-state index contributed by atoms with van der Waals surface area (Å²) in [6, 6.07) is 0. The molecule has 0 amide bonds. The molecule has 40 valence electrons. The highest BCUT2D eigenvalue weighted by Crippen LogP contribution is 1.93. The van der Waals surface area contributed by atoms with Gasteiger partial charge in [0, 0.05) is 4.86 Å². The summed E-state index contributed by atoms with van der Waals surface area (Å²) in [6.45, 7) is 5.94. The van der Waals surface area contributed by atoms with Gasteiger partial charge in [0.25, 0.3) is 0 Å². The zero-order valence-electron chi connectivity index (χ0n) is 4.99. The van der Waals surface area contributed by atoms with Crippen molar-refractivity contribution in [2.45, 2.75) is 20.8 Å². The Labute approximate surface area is 50.2 Å². The van der Waals surface area contributed by atoms with Crippen LogP contribution in [0.2, 0.25) is 0 Å². The second-order valence-electron chi connectivity index (χ2n) is 1.53. The molecule has 1 heteroatoms. The average molecular weight is 114 g/mol. The van der Waals surface area contributed by atoms with Gasteiger partial charge in [0.2, 0.25) is 0 Å². The minimum absolute atomic E-state index is 0.988. The smallest absolute Gasteiger partial charge is 0.0147 e. The molecular formula is C6H10S. The summed E-state index contributed by atoms with van der Waals surface area (Å²) in [5.74, 6) is 0. The zero-order chi connectivity index (χ0) is 5.86. The van der Waals surface area contributed by atoms with E-state index in [9.17, 15) is 0 Å². The predicted molar refractivity (Wildman–Crippen MR) is 37.7 cm³/mol. The number of allylic oxidation sites excluding steroid dienone is 2. The summed E-state index contributed by atoms with van der Waals surface area (Å²) >= 11 is 4.85. The summed E-state index contributed by atoms with van der Waals surface area (Å²) in [5.41, 5.74) is 1.20. The SMILES string of the molecule is CC=C(C)C(C)=S. The lowest BCUT2D eigenvalue weighted by Gasteiger charge is -1.89. The molecule has 0 aliphatic carbocycles. The highest BCUT2D eigenvalue weighted by molar-refractivity contribution is 7.80. The van der Waals surface area contributed by atoms with E-state index in [1.165, 1.54) is 5.57 Å². The van der Waals surface area contributed by atoms with E-state index in [4.69, 9.17) is 12.2 Å². The van der Waals surface area contributed by atoms with E-state index in [2.05, 4.69) is 0 Å². The van der Waals surface area contributed by atoms with Crippen LogP contribution in [0.15, 0.2) is 11.6 Å². The summed E-state index contributed by atoms with van der Waals surface area (Å²) in [4.78, 5) is 0.988. The first kappa shape index (κ1) is 6.83. The van der Waals surface area contributed by atoms with Crippen molar-refractivity contribution < 1.29 is 0 Å². The molecule has 0 heterocycles. The van der Waals surface area contributed by atoms with E-state index < -0.39 is 0 Å². The normalized spacial score (nSPS) is 11.6. The lowest BCUT2D eigenvalue weighted by Crippen LogP contribution is -1.84. The molecule has 0 saturated carbocycles. The van der Waals surface area contributed by atoms with Crippen molar-refractivity contribution >= 4 is 17.1 Å². The standard InChI is InChI=1S/C6H10S/c1-4-5(2)6(3)7/h4H,1-3H3. The van der Waals surface area contributed by atoms with Crippen LogP contribution in [0, 0.1) is 0 Å².